The molecular weight excluding hydrogens is 500 g/mol. The molecule has 4 aliphatic rings. The molecule has 0 amide bonds. The Labute approximate surface area is 250 Å². The van der Waals surface area contributed by atoms with Crippen LogP contribution in [0.5, 0.6) is 0 Å². The van der Waals surface area contributed by atoms with Crippen molar-refractivity contribution in [2.24, 2.45) is 28.7 Å². The van der Waals surface area contributed by atoms with E-state index < -0.39 is 0 Å². The number of carbonyl (C=O) groups excluding carboxylic acids is 1. The van der Waals surface area contributed by atoms with Crippen LogP contribution in [0.15, 0.2) is 41.4 Å². The predicted octanol–water partition coefficient (Wildman–Crippen LogP) is 10.7. The average molecular weight is 557 g/mol. The number of nitrogens with zero attached hydrogens (tertiary/aromatic N) is 1. The van der Waals surface area contributed by atoms with Crippen LogP contribution in [0.3, 0.4) is 0 Å². The third kappa shape index (κ3) is 7.51. The third-order valence-electron chi connectivity index (χ3n) is 10.0. The van der Waals surface area contributed by atoms with Crippen LogP contribution in [0.2, 0.25) is 0 Å². The van der Waals surface area contributed by atoms with Gasteiger partial charge in [0.05, 0.1) is 5.69 Å². The van der Waals surface area contributed by atoms with E-state index in [0.29, 0.717) is 35.4 Å². The second-order valence-corrected chi connectivity index (χ2v) is 14.5. The van der Waals surface area contributed by atoms with E-state index in [1.807, 2.05) is 0 Å². The second kappa shape index (κ2) is 13.7. The van der Waals surface area contributed by atoms with E-state index in [1.54, 1.807) is 0 Å². The lowest BCUT2D eigenvalue weighted by molar-refractivity contribution is -0.121. The number of Topliss-reactive ketones (excluding diaryl/α,β-unsaturated/α-hetero) is 1. The zero-order valence-electron chi connectivity index (χ0n) is 27.2. The van der Waals surface area contributed by atoms with Crippen molar-refractivity contribution in [2.45, 2.75) is 130 Å². The average Bonchev–Trinajstić information content (AvgIpc) is 3.72. The quantitative estimate of drug-likeness (QED) is 0.372. The van der Waals surface area contributed by atoms with Gasteiger partial charge in [0.15, 0.2) is 0 Å². The van der Waals surface area contributed by atoms with Gasteiger partial charge < -0.3 is 5.73 Å². The van der Waals surface area contributed by atoms with Crippen molar-refractivity contribution in [2.75, 3.05) is 5.73 Å². The van der Waals surface area contributed by atoms with Crippen LogP contribution in [0.25, 0.3) is 0 Å². The lowest BCUT2D eigenvalue weighted by Gasteiger charge is -2.19. The molecule has 0 aromatic heterocycles. The minimum Gasteiger partial charge on any atom is -0.398 e. The van der Waals surface area contributed by atoms with Crippen LogP contribution in [0, 0.1) is 23.7 Å². The topological polar surface area (TPSA) is 55.4 Å². The summed E-state index contributed by atoms with van der Waals surface area (Å²) in [6.07, 6.45) is 10.1. The number of nitrogens with two attached hydrogens (primary N) is 1. The molecule has 4 atom stereocenters. The molecule has 2 aromatic carbocycles. The van der Waals surface area contributed by atoms with Crippen molar-refractivity contribution >= 4 is 22.9 Å². The molecule has 0 heterocycles. The largest absolute Gasteiger partial charge is 0.398 e. The Morgan fingerprint density at radius 1 is 0.634 bits per heavy atom. The number of hydrogen-bond donors (Lipinski definition) is 1. The highest BCUT2D eigenvalue weighted by Crippen LogP contribution is 2.45. The monoisotopic (exact) mass is 556 g/mol. The summed E-state index contributed by atoms with van der Waals surface area (Å²) in [5.74, 6) is 5.69. The lowest BCUT2D eigenvalue weighted by atomic mass is 9.92. The molecule has 3 nitrogen and oxygen atoms in total. The molecular formula is C38H56N2O. The number of hydrogen-bond acceptors (Lipinski definition) is 3. The predicted molar refractivity (Wildman–Crippen MR) is 177 cm³/mol. The van der Waals surface area contributed by atoms with Gasteiger partial charge in [0.25, 0.3) is 0 Å². The molecule has 6 rings (SSSR count). The molecule has 224 valence electrons. The van der Waals surface area contributed by atoms with Crippen molar-refractivity contribution < 1.29 is 4.79 Å². The standard InChI is InChI=1S/C19H27N.C12H19N.C7H10O/c1-12(2)16-6-5-7-17(13(3)4)19(16)20-18-11-14-8-9-15(18)10-14;1-8(2)10-6-5-7-11(9(3)4)12(10)13;8-7-4-5-1-2-6(7)3-5/h5-7,12-15H,8-11H2,1-4H3;5-9H,13H2,1-4H3;5-6H,1-4H2. The zero-order valence-corrected chi connectivity index (χ0v) is 27.2. The molecule has 0 saturated heterocycles. The summed E-state index contributed by atoms with van der Waals surface area (Å²) in [4.78, 5) is 16.0. The SMILES string of the molecule is CC(C)c1cccc(C(C)C)c1N.CC(C)c1cccc(C(C)C)c1N=C1CC2CCC1C2.O=C1CC2CCC1C2. The first kappa shape index (κ1) is 31.5. The number of ketones is 1. The van der Waals surface area contributed by atoms with E-state index in [0.717, 1.165) is 29.9 Å². The Kier molecular flexibility index (Phi) is 10.5. The Hall–Kier alpha value is -2.42. The van der Waals surface area contributed by atoms with Gasteiger partial charge in [-0.2, -0.15) is 0 Å². The van der Waals surface area contributed by atoms with Crippen LogP contribution in [-0.2, 0) is 4.79 Å². The number of rotatable bonds is 5. The van der Waals surface area contributed by atoms with Gasteiger partial charge >= 0.3 is 0 Å². The highest BCUT2D eigenvalue weighted by atomic mass is 16.1. The van der Waals surface area contributed by atoms with Gasteiger partial charge in [-0.1, -0.05) is 91.8 Å². The molecule has 0 radical (unpaired) electrons. The van der Waals surface area contributed by atoms with Crippen LogP contribution < -0.4 is 5.73 Å². The van der Waals surface area contributed by atoms with Gasteiger partial charge in [-0.25, -0.2) is 0 Å². The number of benzene rings is 2. The van der Waals surface area contributed by atoms with Crippen LogP contribution in [0.4, 0.5) is 11.4 Å². The molecule has 2 N–H and O–H groups in total. The zero-order chi connectivity index (χ0) is 29.8. The first-order valence-electron chi connectivity index (χ1n) is 16.6. The summed E-state index contributed by atoms with van der Waals surface area (Å²) in [6, 6.07) is 13.1. The van der Waals surface area contributed by atoms with Gasteiger partial charge in [-0.3, -0.25) is 9.79 Å². The first-order chi connectivity index (χ1) is 19.5. The van der Waals surface area contributed by atoms with Crippen molar-refractivity contribution in [1.82, 2.24) is 0 Å². The molecule has 4 bridgehead atoms. The summed E-state index contributed by atoms with van der Waals surface area (Å²) < 4.78 is 0. The van der Waals surface area contributed by atoms with E-state index in [2.05, 4.69) is 91.8 Å². The number of carbonyl (C=O) groups is 1. The number of para-hydroxylation sites is 2. The Bertz CT molecular complexity index is 1170. The first-order valence-corrected chi connectivity index (χ1v) is 16.6. The summed E-state index contributed by atoms with van der Waals surface area (Å²) in [5.41, 5.74) is 15.2. The fraction of sp³-hybridized carbons (Fsp3) is 0.632. The molecule has 4 saturated carbocycles. The summed E-state index contributed by atoms with van der Waals surface area (Å²) in [6.45, 7) is 17.8. The molecule has 0 spiro atoms. The maximum atomic E-state index is 10.8. The molecule has 2 aromatic rings. The third-order valence-corrected chi connectivity index (χ3v) is 10.0. The van der Waals surface area contributed by atoms with E-state index >= 15 is 0 Å². The van der Waals surface area contributed by atoms with E-state index in [-0.39, 0.29) is 0 Å². The highest BCUT2D eigenvalue weighted by Gasteiger charge is 2.38. The normalized spacial score (nSPS) is 25.4. The molecule has 3 heteroatoms. The smallest absolute Gasteiger partial charge is 0.136 e. The minimum absolute atomic E-state index is 0.500. The number of anilines is 1. The molecule has 4 aliphatic carbocycles. The van der Waals surface area contributed by atoms with Crippen molar-refractivity contribution in [1.29, 1.82) is 0 Å². The number of aliphatic imine (C=N–C) groups is 1. The summed E-state index contributed by atoms with van der Waals surface area (Å²) >= 11 is 0. The van der Waals surface area contributed by atoms with Gasteiger partial charge in [-0.15, -0.1) is 0 Å². The fourth-order valence-electron chi connectivity index (χ4n) is 7.56. The van der Waals surface area contributed by atoms with Gasteiger partial charge in [0.2, 0.25) is 0 Å². The van der Waals surface area contributed by atoms with E-state index in [9.17, 15) is 4.79 Å². The minimum atomic E-state index is 0.500. The second-order valence-electron chi connectivity index (χ2n) is 14.5. The lowest BCUT2D eigenvalue weighted by Crippen LogP contribution is -2.09. The summed E-state index contributed by atoms with van der Waals surface area (Å²) in [5, 5.41) is 0. The molecule has 0 aliphatic heterocycles. The Morgan fingerprint density at radius 3 is 1.39 bits per heavy atom. The Morgan fingerprint density at radius 2 is 1.07 bits per heavy atom. The van der Waals surface area contributed by atoms with Gasteiger partial charge in [-0.05, 0) is 109 Å². The van der Waals surface area contributed by atoms with E-state index in [1.165, 1.54) is 78.6 Å². The van der Waals surface area contributed by atoms with Crippen LogP contribution in [-0.4, -0.2) is 11.5 Å². The number of nitrogen functional groups attached to an aromatic ring is 1. The van der Waals surface area contributed by atoms with Crippen molar-refractivity contribution in [3.8, 4) is 0 Å². The fourth-order valence-corrected chi connectivity index (χ4v) is 7.56. The number of fused-ring (bicyclic) bond motifs is 4. The maximum Gasteiger partial charge on any atom is 0.136 e. The van der Waals surface area contributed by atoms with Crippen LogP contribution >= 0.6 is 0 Å². The van der Waals surface area contributed by atoms with Crippen molar-refractivity contribution in [3.05, 3.63) is 58.7 Å². The van der Waals surface area contributed by atoms with Gasteiger partial charge in [0.1, 0.15) is 5.78 Å². The van der Waals surface area contributed by atoms with Crippen molar-refractivity contribution in [3.63, 3.8) is 0 Å². The molecule has 4 unspecified atom stereocenters. The molecule has 4 fully saturated rings. The van der Waals surface area contributed by atoms with Crippen LogP contribution in [0.1, 0.15) is 153 Å². The Balaban J connectivity index is 0.000000157. The van der Waals surface area contributed by atoms with Gasteiger partial charge in [0, 0.05) is 23.7 Å². The summed E-state index contributed by atoms with van der Waals surface area (Å²) in [7, 11) is 0. The highest BCUT2D eigenvalue weighted by molar-refractivity contribution is 5.92. The molecule has 41 heavy (non-hydrogen) atoms. The van der Waals surface area contributed by atoms with E-state index in [4.69, 9.17) is 10.7 Å². The maximum absolute atomic E-state index is 10.8.